The highest BCUT2D eigenvalue weighted by atomic mass is 32.1. The van der Waals surface area contributed by atoms with Crippen molar-refractivity contribution in [2.24, 2.45) is 0 Å². The predicted octanol–water partition coefficient (Wildman–Crippen LogP) is 2.06. The zero-order chi connectivity index (χ0) is 17.8. The molecule has 0 radical (unpaired) electrons. The van der Waals surface area contributed by atoms with E-state index in [0.717, 1.165) is 0 Å². The van der Waals surface area contributed by atoms with E-state index in [0.29, 0.717) is 17.9 Å². The van der Waals surface area contributed by atoms with Crippen LogP contribution in [0.15, 0.2) is 42.4 Å². The molecule has 0 aliphatic rings. The van der Waals surface area contributed by atoms with Gasteiger partial charge in [0.05, 0.1) is 6.04 Å². The van der Waals surface area contributed by atoms with Crippen molar-refractivity contribution >= 4 is 17.2 Å². The summed E-state index contributed by atoms with van der Waals surface area (Å²) in [6.07, 6.45) is 4.70. The van der Waals surface area contributed by atoms with Crippen LogP contribution in [-0.2, 0) is 0 Å². The molecule has 0 aromatic carbocycles. The molecule has 0 saturated heterocycles. The normalized spacial score (nSPS) is 12.3. The van der Waals surface area contributed by atoms with E-state index in [1.807, 2.05) is 14.1 Å². The molecule has 1 N–H and O–H groups in total. The quantitative estimate of drug-likeness (QED) is 0.732. The second-order valence-corrected chi connectivity index (χ2v) is 6.88. The standard InChI is InChI=1S/C17H20N6OS/c1-12-5-7-25-16(12)14(22(2)3)9-19-17(24)13-4-6-18-15(8-13)23-10-20-21-11-23/h4-8,10-11,14H,9H2,1-3H3,(H,19,24). The van der Waals surface area contributed by atoms with Crippen molar-refractivity contribution in [3.63, 3.8) is 0 Å². The van der Waals surface area contributed by atoms with Gasteiger partial charge in [-0.3, -0.25) is 9.36 Å². The molecule has 3 aromatic rings. The minimum atomic E-state index is -0.127. The van der Waals surface area contributed by atoms with Gasteiger partial charge < -0.3 is 10.2 Å². The van der Waals surface area contributed by atoms with Gasteiger partial charge in [-0.25, -0.2) is 4.98 Å². The maximum absolute atomic E-state index is 12.6. The summed E-state index contributed by atoms with van der Waals surface area (Å²) in [5.41, 5.74) is 1.80. The Morgan fingerprint density at radius 3 is 2.72 bits per heavy atom. The molecule has 1 amide bonds. The smallest absolute Gasteiger partial charge is 0.251 e. The molecule has 1 atom stereocenters. The van der Waals surface area contributed by atoms with Gasteiger partial charge in [0.15, 0.2) is 0 Å². The molecule has 3 rings (SSSR count). The van der Waals surface area contributed by atoms with Crippen LogP contribution in [0, 0.1) is 6.92 Å². The predicted molar refractivity (Wildman–Crippen MR) is 97.0 cm³/mol. The molecule has 0 bridgehead atoms. The SMILES string of the molecule is Cc1ccsc1C(CNC(=O)c1ccnc(-n2cnnc2)c1)N(C)C. The molecule has 130 valence electrons. The van der Waals surface area contributed by atoms with Gasteiger partial charge in [-0.1, -0.05) is 0 Å². The van der Waals surface area contributed by atoms with Crippen LogP contribution in [0.3, 0.4) is 0 Å². The average Bonchev–Trinajstić information content (AvgIpc) is 3.27. The van der Waals surface area contributed by atoms with Gasteiger partial charge >= 0.3 is 0 Å². The van der Waals surface area contributed by atoms with Crippen molar-refractivity contribution in [2.45, 2.75) is 13.0 Å². The van der Waals surface area contributed by atoms with Gasteiger partial charge in [0.25, 0.3) is 5.91 Å². The lowest BCUT2D eigenvalue weighted by Gasteiger charge is -2.24. The molecule has 1 unspecified atom stereocenters. The summed E-state index contributed by atoms with van der Waals surface area (Å²) >= 11 is 1.71. The van der Waals surface area contributed by atoms with Gasteiger partial charge in [-0.2, -0.15) is 0 Å². The van der Waals surface area contributed by atoms with Crippen LogP contribution in [0.4, 0.5) is 0 Å². The first-order valence-corrected chi connectivity index (χ1v) is 8.74. The van der Waals surface area contributed by atoms with Gasteiger partial charge in [0.2, 0.25) is 0 Å². The number of rotatable bonds is 6. The third-order valence-electron chi connectivity index (χ3n) is 3.97. The topological polar surface area (TPSA) is 75.9 Å². The molecule has 3 aromatic heterocycles. The highest BCUT2D eigenvalue weighted by molar-refractivity contribution is 7.10. The second kappa shape index (κ2) is 7.54. The van der Waals surface area contributed by atoms with E-state index < -0.39 is 0 Å². The van der Waals surface area contributed by atoms with Crippen LogP contribution in [0.25, 0.3) is 5.82 Å². The minimum Gasteiger partial charge on any atom is -0.350 e. The number of pyridine rings is 1. The zero-order valence-corrected chi connectivity index (χ0v) is 15.2. The first kappa shape index (κ1) is 17.2. The Balaban J connectivity index is 1.72. The number of thiophene rings is 1. The number of aromatic nitrogens is 4. The largest absolute Gasteiger partial charge is 0.350 e. The van der Waals surface area contributed by atoms with E-state index in [9.17, 15) is 4.79 Å². The van der Waals surface area contributed by atoms with E-state index in [-0.39, 0.29) is 11.9 Å². The lowest BCUT2D eigenvalue weighted by atomic mass is 10.1. The third-order valence-corrected chi connectivity index (χ3v) is 5.09. The summed E-state index contributed by atoms with van der Waals surface area (Å²) in [5.74, 6) is 0.480. The van der Waals surface area contributed by atoms with Crippen LogP contribution >= 0.6 is 11.3 Å². The van der Waals surface area contributed by atoms with Gasteiger partial charge in [0.1, 0.15) is 18.5 Å². The van der Waals surface area contributed by atoms with Crippen molar-refractivity contribution in [1.82, 2.24) is 30.0 Å². The number of likely N-dealkylation sites (N-methyl/N-ethyl adjacent to an activating group) is 1. The fraction of sp³-hybridized carbons (Fsp3) is 0.294. The average molecular weight is 356 g/mol. The van der Waals surface area contributed by atoms with Crippen molar-refractivity contribution in [1.29, 1.82) is 0 Å². The Kier molecular flexibility index (Phi) is 5.20. The molecule has 0 fully saturated rings. The summed E-state index contributed by atoms with van der Waals surface area (Å²) in [5, 5.41) is 12.6. The van der Waals surface area contributed by atoms with Gasteiger partial charge in [-0.05, 0) is 50.2 Å². The summed E-state index contributed by atoms with van der Waals surface area (Å²) in [4.78, 5) is 20.2. The Bertz CT molecular complexity index is 842. The molecular formula is C17H20N6OS. The number of carbonyl (C=O) groups is 1. The second-order valence-electron chi connectivity index (χ2n) is 5.93. The molecule has 3 heterocycles. The number of aryl methyl sites for hydroxylation is 1. The van der Waals surface area contributed by atoms with Crippen molar-refractivity contribution in [3.8, 4) is 5.82 Å². The minimum absolute atomic E-state index is 0.127. The van der Waals surface area contributed by atoms with Crippen molar-refractivity contribution in [2.75, 3.05) is 20.6 Å². The molecule has 7 nitrogen and oxygen atoms in total. The van der Waals surface area contributed by atoms with E-state index in [1.165, 1.54) is 10.4 Å². The third kappa shape index (κ3) is 3.92. The van der Waals surface area contributed by atoms with E-state index in [2.05, 4.69) is 43.8 Å². The Morgan fingerprint density at radius 2 is 2.08 bits per heavy atom. The number of nitrogens with one attached hydrogen (secondary N) is 1. The zero-order valence-electron chi connectivity index (χ0n) is 14.4. The molecule has 25 heavy (non-hydrogen) atoms. The Hall–Kier alpha value is -2.58. The molecule has 0 saturated carbocycles. The van der Waals surface area contributed by atoms with Crippen LogP contribution < -0.4 is 5.32 Å². The van der Waals surface area contributed by atoms with Crippen LogP contribution in [0.1, 0.15) is 26.8 Å². The highest BCUT2D eigenvalue weighted by Crippen LogP contribution is 2.26. The van der Waals surface area contributed by atoms with E-state index in [4.69, 9.17) is 0 Å². The summed E-state index contributed by atoms with van der Waals surface area (Å²) in [6, 6.07) is 5.67. The highest BCUT2D eigenvalue weighted by Gasteiger charge is 2.19. The van der Waals surface area contributed by atoms with Crippen molar-refractivity contribution in [3.05, 3.63) is 58.4 Å². The van der Waals surface area contributed by atoms with Crippen LogP contribution in [0.2, 0.25) is 0 Å². The fourth-order valence-corrected chi connectivity index (χ4v) is 3.67. The lowest BCUT2D eigenvalue weighted by Crippen LogP contribution is -2.34. The molecule has 0 spiro atoms. The number of hydrogen-bond acceptors (Lipinski definition) is 6. The number of nitrogens with zero attached hydrogens (tertiary/aromatic N) is 5. The molecule has 0 aliphatic carbocycles. The van der Waals surface area contributed by atoms with Crippen LogP contribution in [-0.4, -0.2) is 51.2 Å². The van der Waals surface area contributed by atoms with E-state index in [1.54, 1.807) is 46.9 Å². The maximum atomic E-state index is 12.6. The molecule has 0 aliphatic heterocycles. The molecular weight excluding hydrogens is 336 g/mol. The number of carbonyl (C=O) groups excluding carboxylic acids is 1. The van der Waals surface area contributed by atoms with Crippen molar-refractivity contribution < 1.29 is 4.79 Å². The molecule has 8 heteroatoms. The summed E-state index contributed by atoms with van der Waals surface area (Å²) < 4.78 is 1.66. The maximum Gasteiger partial charge on any atom is 0.251 e. The monoisotopic (exact) mass is 356 g/mol. The van der Waals surface area contributed by atoms with E-state index >= 15 is 0 Å². The number of amides is 1. The summed E-state index contributed by atoms with van der Waals surface area (Å²) in [6.45, 7) is 2.63. The Morgan fingerprint density at radius 1 is 1.32 bits per heavy atom. The number of hydrogen-bond donors (Lipinski definition) is 1. The van der Waals surface area contributed by atoms with Gasteiger partial charge in [-0.15, -0.1) is 21.5 Å². The fourth-order valence-electron chi connectivity index (χ4n) is 2.55. The van der Waals surface area contributed by atoms with Crippen LogP contribution in [0.5, 0.6) is 0 Å². The first-order chi connectivity index (χ1) is 12.1. The lowest BCUT2D eigenvalue weighted by molar-refractivity contribution is 0.0942. The Labute approximate surface area is 150 Å². The van der Waals surface area contributed by atoms with Gasteiger partial charge in [0, 0.05) is 23.2 Å². The first-order valence-electron chi connectivity index (χ1n) is 7.86. The summed E-state index contributed by atoms with van der Waals surface area (Å²) in [7, 11) is 4.04.